The normalized spacial score (nSPS) is 9.42. The summed E-state index contributed by atoms with van der Waals surface area (Å²) in [7, 11) is 0. The zero-order valence-corrected chi connectivity index (χ0v) is 17.5. The van der Waals surface area contributed by atoms with E-state index in [9.17, 15) is 22.5 Å². The first kappa shape index (κ1) is 27.9. The van der Waals surface area contributed by atoms with Crippen LogP contribution >= 0.6 is 0 Å². The minimum atomic E-state index is -2.81. The second kappa shape index (κ2) is 17.0. The SMILES string of the molecule is CC(=O)CC(C)=O.CC(=O)CC(C)=O.CC(C)[O][Ti](=[O])[O]C(C)C. The Kier molecular flexibility index (Phi) is 19.7. The van der Waals surface area contributed by atoms with Gasteiger partial charge in [-0.3, -0.25) is 19.2 Å². The fourth-order valence-corrected chi connectivity index (χ4v) is 2.40. The Labute approximate surface area is 151 Å². The van der Waals surface area contributed by atoms with Crippen molar-refractivity contribution in [2.24, 2.45) is 0 Å². The summed E-state index contributed by atoms with van der Waals surface area (Å²) < 4.78 is 20.8. The molecule has 8 heteroatoms. The monoisotopic (exact) mass is 382 g/mol. The second-order valence-electron chi connectivity index (χ2n) is 5.74. The number of rotatable bonds is 8. The van der Waals surface area contributed by atoms with Crippen molar-refractivity contribution < 1.29 is 47.8 Å². The first-order valence-corrected chi connectivity index (χ1v) is 9.54. The Balaban J connectivity index is -0.000000283. The van der Waals surface area contributed by atoms with Gasteiger partial charge in [-0.25, -0.2) is 0 Å². The summed E-state index contributed by atoms with van der Waals surface area (Å²) in [6, 6.07) is 0. The van der Waals surface area contributed by atoms with E-state index >= 15 is 0 Å². The summed E-state index contributed by atoms with van der Waals surface area (Å²) >= 11 is -2.81. The minimum absolute atomic E-state index is 0.00579. The summed E-state index contributed by atoms with van der Waals surface area (Å²) in [5.41, 5.74) is 0. The van der Waals surface area contributed by atoms with Crippen molar-refractivity contribution >= 4 is 23.1 Å². The van der Waals surface area contributed by atoms with E-state index in [1.165, 1.54) is 27.7 Å². The summed E-state index contributed by atoms with van der Waals surface area (Å²) in [4.78, 5) is 40.1. The fraction of sp³-hybridized carbons (Fsp3) is 0.750. The molecule has 0 saturated carbocycles. The molecule has 0 aromatic heterocycles. The summed E-state index contributed by atoms with van der Waals surface area (Å²) in [5, 5.41) is 0. The van der Waals surface area contributed by atoms with Crippen LogP contribution in [0.2, 0.25) is 0 Å². The van der Waals surface area contributed by atoms with Crippen LogP contribution in [0.1, 0.15) is 68.2 Å². The fourth-order valence-electron chi connectivity index (χ4n) is 1.11. The average molecular weight is 382 g/mol. The molecule has 0 aliphatic heterocycles. The molecular weight excluding hydrogens is 352 g/mol. The van der Waals surface area contributed by atoms with E-state index in [0.29, 0.717) is 0 Å². The third-order valence-corrected chi connectivity index (χ3v) is 3.73. The molecule has 7 nitrogen and oxygen atoms in total. The van der Waals surface area contributed by atoms with Crippen molar-refractivity contribution in [3.63, 3.8) is 0 Å². The van der Waals surface area contributed by atoms with E-state index in [1.54, 1.807) is 0 Å². The molecule has 140 valence electrons. The third-order valence-electron chi connectivity index (χ3n) is 1.66. The molecule has 0 aromatic rings. The Morgan fingerprint density at radius 2 is 0.875 bits per heavy atom. The first-order valence-electron chi connectivity index (χ1n) is 7.62. The maximum absolute atomic E-state index is 10.9. The van der Waals surface area contributed by atoms with Gasteiger partial charge < -0.3 is 0 Å². The van der Waals surface area contributed by atoms with Crippen molar-refractivity contribution in [1.82, 2.24) is 0 Å². The summed E-state index contributed by atoms with van der Waals surface area (Å²) in [6.07, 6.45) is 0.178. The van der Waals surface area contributed by atoms with Gasteiger partial charge in [-0.1, -0.05) is 0 Å². The van der Waals surface area contributed by atoms with Crippen molar-refractivity contribution in [2.75, 3.05) is 0 Å². The second-order valence-corrected chi connectivity index (χ2v) is 7.26. The number of carbonyl (C=O) groups is 4. The molecule has 0 amide bonds. The molecular formula is C16H30O7Ti. The van der Waals surface area contributed by atoms with Crippen LogP contribution in [0.3, 0.4) is 0 Å². The van der Waals surface area contributed by atoms with E-state index < -0.39 is 18.6 Å². The molecule has 0 bridgehead atoms. The van der Waals surface area contributed by atoms with E-state index in [1.807, 2.05) is 27.7 Å². The van der Waals surface area contributed by atoms with Gasteiger partial charge in [0.15, 0.2) is 0 Å². The Morgan fingerprint density at radius 3 is 0.958 bits per heavy atom. The van der Waals surface area contributed by atoms with E-state index in [-0.39, 0.29) is 48.2 Å². The molecule has 0 fully saturated rings. The van der Waals surface area contributed by atoms with Gasteiger partial charge in [0, 0.05) is 0 Å². The van der Waals surface area contributed by atoms with E-state index in [4.69, 9.17) is 6.64 Å². The van der Waals surface area contributed by atoms with Gasteiger partial charge in [-0.2, -0.15) is 0 Å². The molecule has 0 atom stereocenters. The topological polar surface area (TPSA) is 104 Å². The van der Waals surface area contributed by atoms with E-state index in [2.05, 4.69) is 0 Å². The zero-order chi connectivity index (χ0) is 19.9. The van der Waals surface area contributed by atoms with Crippen LogP contribution in [0.4, 0.5) is 0 Å². The summed E-state index contributed by atoms with van der Waals surface area (Å²) in [6.45, 7) is 13.0. The molecule has 0 rings (SSSR count). The summed E-state index contributed by atoms with van der Waals surface area (Å²) in [5.74, 6) is -0.250. The van der Waals surface area contributed by atoms with Crippen molar-refractivity contribution in [2.45, 2.75) is 80.4 Å². The third kappa shape index (κ3) is 37.4. The van der Waals surface area contributed by atoms with Crippen LogP contribution in [-0.2, 0) is 47.8 Å². The van der Waals surface area contributed by atoms with Gasteiger partial charge in [0.1, 0.15) is 23.1 Å². The number of hydrogen-bond acceptors (Lipinski definition) is 7. The Morgan fingerprint density at radius 1 is 0.667 bits per heavy atom. The predicted octanol–water partition coefficient (Wildman–Crippen LogP) is 2.74. The number of carbonyl (C=O) groups excluding carboxylic acids is 4. The maximum atomic E-state index is 10.9. The van der Waals surface area contributed by atoms with Gasteiger partial charge in [0.2, 0.25) is 0 Å². The Hall–Kier alpha value is -0.886. The van der Waals surface area contributed by atoms with Crippen molar-refractivity contribution in [3.05, 3.63) is 0 Å². The van der Waals surface area contributed by atoms with Crippen LogP contribution < -0.4 is 0 Å². The molecule has 0 N–H and O–H groups in total. The Bertz CT molecular complexity index is 366. The molecule has 0 heterocycles. The molecule has 24 heavy (non-hydrogen) atoms. The number of Topliss-reactive ketones (excluding diaryl/α,β-unsaturated/α-hetero) is 4. The molecule has 0 aliphatic carbocycles. The van der Waals surface area contributed by atoms with Crippen LogP contribution in [0, 0.1) is 0 Å². The molecule has 0 spiro atoms. The zero-order valence-electron chi connectivity index (χ0n) is 15.9. The van der Waals surface area contributed by atoms with Crippen LogP contribution in [-0.4, -0.2) is 35.3 Å². The standard InChI is InChI=1S/2C5H8O2.2C3H7O.O.Ti/c2*1-4(6)3-5(2)7;2*1-3(2)4;;/h2*3H2,1-2H3;2*3H,1-2H3;;/q;;2*-1;;+2. The molecule has 0 aliphatic rings. The van der Waals surface area contributed by atoms with Crippen LogP contribution in [0.5, 0.6) is 0 Å². The van der Waals surface area contributed by atoms with Crippen LogP contribution in [0.15, 0.2) is 0 Å². The van der Waals surface area contributed by atoms with Gasteiger partial charge in [0.05, 0.1) is 12.8 Å². The van der Waals surface area contributed by atoms with Crippen molar-refractivity contribution in [1.29, 1.82) is 0 Å². The molecule has 0 saturated heterocycles. The quantitative estimate of drug-likeness (QED) is 0.470. The average Bonchev–Trinajstić information content (AvgIpc) is 2.22. The predicted molar refractivity (Wildman–Crippen MR) is 85.1 cm³/mol. The molecule has 0 aromatic carbocycles. The molecule has 0 unspecified atom stereocenters. The van der Waals surface area contributed by atoms with E-state index in [0.717, 1.165) is 0 Å². The first-order chi connectivity index (χ1) is 10.8. The van der Waals surface area contributed by atoms with Gasteiger partial charge in [0.25, 0.3) is 0 Å². The van der Waals surface area contributed by atoms with Gasteiger partial charge >= 0.3 is 68.5 Å². The number of ketones is 4. The van der Waals surface area contributed by atoms with Gasteiger partial charge in [-0.05, 0) is 27.7 Å². The van der Waals surface area contributed by atoms with Crippen LogP contribution in [0.25, 0.3) is 0 Å². The van der Waals surface area contributed by atoms with Gasteiger partial charge in [-0.15, -0.1) is 0 Å². The number of hydrogen-bond donors (Lipinski definition) is 0. The van der Waals surface area contributed by atoms with Crippen molar-refractivity contribution in [3.8, 4) is 0 Å². The molecule has 0 radical (unpaired) electrons.